The van der Waals surface area contributed by atoms with Gasteiger partial charge in [0.2, 0.25) is 0 Å². The fourth-order valence-corrected chi connectivity index (χ4v) is 3.84. The van der Waals surface area contributed by atoms with Crippen LogP contribution < -0.4 is 11.1 Å². The van der Waals surface area contributed by atoms with Gasteiger partial charge in [-0.1, -0.05) is 12.1 Å². The number of nitrogens with zero attached hydrogens (tertiary/aromatic N) is 3. The van der Waals surface area contributed by atoms with E-state index in [0.717, 1.165) is 61.8 Å². The van der Waals surface area contributed by atoms with Crippen molar-refractivity contribution in [2.24, 2.45) is 10.7 Å². The molecule has 0 spiro atoms. The number of hydrogen-bond donors (Lipinski definition) is 2. The zero-order valence-corrected chi connectivity index (χ0v) is 14.7. The van der Waals surface area contributed by atoms with Crippen molar-refractivity contribution < 1.29 is 4.79 Å². The number of anilines is 1. The summed E-state index contributed by atoms with van der Waals surface area (Å²) in [6, 6.07) is 7.81. The van der Waals surface area contributed by atoms with Crippen molar-refractivity contribution in [1.82, 2.24) is 9.80 Å². The Morgan fingerprint density at radius 1 is 1.17 bits per heavy atom. The van der Waals surface area contributed by atoms with E-state index in [2.05, 4.69) is 15.2 Å². The molecule has 2 saturated heterocycles. The van der Waals surface area contributed by atoms with Crippen molar-refractivity contribution in [2.75, 3.05) is 43.0 Å². The van der Waals surface area contributed by atoms with Crippen molar-refractivity contribution in [3.63, 3.8) is 0 Å². The predicted octanol–water partition coefficient (Wildman–Crippen LogP) is 2.18. The third-order valence-corrected chi connectivity index (χ3v) is 5.27. The Balaban J connectivity index is 1.57. The summed E-state index contributed by atoms with van der Waals surface area (Å²) in [5, 5.41) is 2.97. The average molecular weight is 347 g/mol. The molecule has 2 heterocycles. The summed E-state index contributed by atoms with van der Waals surface area (Å²) in [6.07, 6.45) is 2.19. The molecule has 0 aromatic heterocycles. The first-order valence-corrected chi connectivity index (χ1v) is 9.65. The van der Waals surface area contributed by atoms with Crippen LogP contribution in [0.4, 0.5) is 10.5 Å². The van der Waals surface area contributed by atoms with E-state index >= 15 is 0 Å². The standard InChI is InChI=1S/C17H25N5OS/c18-16(21-8-10-24-11-9-21)19-13-14-4-3-5-15(12-14)20-17(23)22-6-1-2-7-22/h3-5,12H,1-2,6-11,13H2,(H2,18,19)(H,20,23). The molecule has 0 radical (unpaired) electrons. The van der Waals surface area contributed by atoms with Crippen LogP contribution in [0.3, 0.4) is 0 Å². The number of guanidine groups is 1. The second-order valence-corrected chi connectivity index (χ2v) is 7.32. The molecule has 7 heteroatoms. The summed E-state index contributed by atoms with van der Waals surface area (Å²) in [4.78, 5) is 20.7. The average Bonchev–Trinajstić information content (AvgIpc) is 3.15. The fourth-order valence-electron chi connectivity index (χ4n) is 2.93. The number of benzene rings is 1. The molecule has 130 valence electrons. The molecule has 2 fully saturated rings. The van der Waals surface area contributed by atoms with E-state index in [-0.39, 0.29) is 6.03 Å². The number of carbonyl (C=O) groups excluding carboxylic acids is 1. The summed E-state index contributed by atoms with van der Waals surface area (Å²) in [7, 11) is 0. The molecule has 2 amide bonds. The first kappa shape index (κ1) is 17.0. The van der Waals surface area contributed by atoms with Crippen molar-refractivity contribution in [3.8, 4) is 0 Å². The highest BCUT2D eigenvalue weighted by molar-refractivity contribution is 7.99. The van der Waals surface area contributed by atoms with Crippen LogP contribution in [0, 0.1) is 0 Å². The van der Waals surface area contributed by atoms with Crippen LogP contribution in [0.25, 0.3) is 0 Å². The SMILES string of the molecule is NC(=NCc1cccc(NC(=O)N2CCCC2)c1)N1CCSCC1. The molecular formula is C17H25N5OS. The topological polar surface area (TPSA) is 74.0 Å². The van der Waals surface area contributed by atoms with E-state index in [4.69, 9.17) is 5.73 Å². The smallest absolute Gasteiger partial charge is 0.321 e. The summed E-state index contributed by atoms with van der Waals surface area (Å²) in [5.74, 6) is 2.82. The normalized spacial score (nSPS) is 18.8. The van der Waals surface area contributed by atoms with Crippen molar-refractivity contribution in [2.45, 2.75) is 19.4 Å². The van der Waals surface area contributed by atoms with Crippen molar-refractivity contribution >= 4 is 29.4 Å². The highest BCUT2D eigenvalue weighted by atomic mass is 32.2. The van der Waals surface area contributed by atoms with Gasteiger partial charge in [-0.25, -0.2) is 9.79 Å². The third-order valence-electron chi connectivity index (χ3n) is 4.33. The van der Waals surface area contributed by atoms with E-state index in [1.807, 2.05) is 40.9 Å². The zero-order valence-electron chi connectivity index (χ0n) is 13.9. The van der Waals surface area contributed by atoms with E-state index in [9.17, 15) is 4.79 Å². The van der Waals surface area contributed by atoms with Gasteiger partial charge in [0.15, 0.2) is 5.96 Å². The number of thioether (sulfide) groups is 1. The number of amides is 2. The number of nitrogens with one attached hydrogen (secondary N) is 1. The number of carbonyl (C=O) groups is 1. The van der Waals surface area contributed by atoms with Gasteiger partial charge in [0.25, 0.3) is 0 Å². The third kappa shape index (κ3) is 4.56. The molecular weight excluding hydrogens is 322 g/mol. The maximum atomic E-state index is 12.2. The van der Waals surface area contributed by atoms with Crippen LogP contribution in [-0.4, -0.2) is 59.5 Å². The zero-order chi connectivity index (χ0) is 16.8. The van der Waals surface area contributed by atoms with E-state index in [1.54, 1.807) is 0 Å². The molecule has 0 aliphatic carbocycles. The minimum absolute atomic E-state index is 0.0153. The maximum Gasteiger partial charge on any atom is 0.321 e. The summed E-state index contributed by atoms with van der Waals surface area (Å²) < 4.78 is 0. The Hall–Kier alpha value is -1.89. The van der Waals surface area contributed by atoms with Crippen molar-refractivity contribution in [1.29, 1.82) is 0 Å². The van der Waals surface area contributed by atoms with Crippen molar-refractivity contribution in [3.05, 3.63) is 29.8 Å². The van der Waals surface area contributed by atoms with Gasteiger partial charge < -0.3 is 20.9 Å². The minimum Gasteiger partial charge on any atom is -0.370 e. The molecule has 1 aromatic carbocycles. The van der Waals surface area contributed by atoms with Gasteiger partial charge in [-0.05, 0) is 30.5 Å². The number of hydrogen-bond acceptors (Lipinski definition) is 3. The number of nitrogens with two attached hydrogens (primary N) is 1. The molecule has 2 aliphatic heterocycles. The molecule has 0 bridgehead atoms. The largest absolute Gasteiger partial charge is 0.370 e. The van der Waals surface area contributed by atoms with Crippen LogP contribution >= 0.6 is 11.8 Å². The monoisotopic (exact) mass is 347 g/mol. The molecule has 0 saturated carbocycles. The second kappa shape index (κ2) is 8.28. The van der Waals surface area contributed by atoms with Gasteiger partial charge in [-0.3, -0.25) is 0 Å². The minimum atomic E-state index is -0.0153. The summed E-state index contributed by atoms with van der Waals surface area (Å²) >= 11 is 1.95. The predicted molar refractivity (Wildman–Crippen MR) is 100 cm³/mol. The Morgan fingerprint density at radius 2 is 1.92 bits per heavy atom. The van der Waals surface area contributed by atoms with Crippen LogP contribution in [0.5, 0.6) is 0 Å². The first-order chi connectivity index (χ1) is 11.7. The lowest BCUT2D eigenvalue weighted by Crippen LogP contribution is -2.42. The van der Waals surface area contributed by atoms with Crippen LogP contribution in [0.15, 0.2) is 29.3 Å². The molecule has 0 unspecified atom stereocenters. The molecule has 2 aliphatic rings. The Labute approximate surface area is 147 Å². The Bertz CT molecular complexity index is 594. The number of urea groups is 1. The lowest BCUT2D eigenvalue weighted by atomic mass is 10.2. The molecule has 0 atom stereocenters. The summed E-state index contributed by atoms with van der Waals surface area (Å²) in [6.45, 7) is 4.15. The highest BCUT2D eigenvalue weighted by Gasteiger charge is 2.17. The second-order valence-electron chi connectivity index (χ2n) is 6.10. The van der Waals surface area contributed by atoms with E-state index in [0.29, 0.717) is 12.5 Å². The number of likely N-dealkylation sites (tertiary alicyclic amines) is 1. The number of rotatable bonds is 3. The van der Waals surface area contributed by atoms with Crippen LogP contribution in [-0.2, 0) is 6.54 Å². The van der Waals surface area contributed by atoms with Gasteiger partial charge in [-0.15, -0.1) is 0 Å². The molecule has 6 nitrogen and oxygen atoms in total. The molecule has 1 aromatic rings. The van der Waals surface area contributed by atoms with Gasteiger partial charge in [0, 0.05) is 43.4 Å². The first-order valence-electron chi connectivity index (χ1n) is 8.50. The quantitative estimate of drug-likeness (QED) is 0.649. The fraction of sp³-hybridized carbons (Fsp3) is 0.529. The highest BCUT2D eigenvalue weighted by Crippen LogP contribution is 2.15. The van der Waals surface area contributed by atoms with Gasteiger partial charge in [0.1, 0.15) is 0 Å². The molecule has 3 rings (SSSR count). The number of aliphatic imine (C=N–C) groups is 1. The lowest BCUT2D eigenvalue weighted by Gasteiger charge is -2.27. The Kier molecular flexibility index (Phi) is 5.85. The Morgan fingerprint density at radius 3 is 2.67 bits per heavy atom. The van der Waals surface area contributed by atoms with Gasteiger partial charge in [-0.2, -0.15) is 11.8 Å². The van der Waals surface area contributed by atoms with Crippen LogP contribution in [0.2, 0.25) is 0 Å². The molecule has 3 N–H and O–H groups in total. The van der Waals surface area contributed by atoms with E-state index in [1.165, 1.54) is 0 Å². The van der Waals surface area contributed by atoms with Gasteiger partial charge in [0.05, 0.1) is 6.54 Å². The summed E-state index contributed by atoms with van der Waals surface area (Å²) in [5.41, 5.74) is 7.95. The maximum absolute atomic E-state index is 12.2. The van der Waals surface area contributed by atoms with Crippen LogP contribution in [0.1, 0.15) is 18.4 Å². The van der Waals surface area contributed by atoms with Gasteiger partial charge >= 0.3 is 6.03 Å². The lowest BCUT2D eigenvalue weighted by molar-refractivity contribution is 0.222. The van der Waals surface area contributed by atoms with E-state index < -0.39 is 0 Å². The molecule has 24 heavy (non-hydrogen) atoms.